The highest BCUT2D eigenvalue weighted by Gasteiger charge is 2.31. The molecule has 29 heavy (non-hydrogen) atoms. The average Bonchev–Trinajstić information content (AvgIpc) is 3.18. The average molecular weight is 396 g/mol. The molecule has 0 aliphatic carbocycles. The van der Waals surface area contributed by atoms with Crippen LogP contribution in [0.25, 0.3) is 16.9 Å². The van der Waals surface area contributed by atoms with Crippen LogP contribution in [0.15, 0.2) is 42.7 Å². The number of benzene rings is 1. The van der Waals surface area contributed by atoms with E-state index >= 15 is 0 Å². The Kier molecular flexibility index (Phi) is 5.24. The summed E-state index contributed by atoms with van der Waals surface area (Å²) in [5.74, 6) is -1.22. The van der Waals surface area contributed by atoms with Crippen molar-refractivity contribution in [1.82, 2.24) is 19.5 Å². The first-order chi connectivity index (χ1) is 14.1. The van der Waals surface area contributed by atoms with Gasteiger partial charge in [0.05, 0.1) is 24.4 Å². The van der Waals surface area contributed by atoms with E-state index in [-0.39, 0.29) is 23.6 Å². The van der Waals surface area contributed by atoms with Crippen molar-refractivity contribution in [3.8, 4) is 11.3 Å². The number of nitrogens with zero attached hydrogens (tertiary/aromatic N) is 4. The third-order valence-corrected chi connectivity index (χ3v) is 5.11. The standard InChI is InChI=1S/C21H21FN4O3/c1-2-29-21(28)14-6-5-11-25(13-14)20(27)16-12-24-26-18(9-10-23-19(16)26)15-7-3-4-8-17(15)22/h3-4,7-10,12,14H,2,5-6,11,13H2,1H3. The molecular formula is C21H21FN4O3. The predicted octanol–water partition coefficient (Wildman–Crippen LogP) is 2.95. The van der Waals surface area contributed by atoms with Gasteiger partial charge >= 0.3 is 5.97 Å². The van der Waals surface area contributed by atoms with Crippen LogP contribution in [0.2, 0.25) is 0 Å². The Bertz CT molecular complexity index is 1070. The van der Waals surface area contributed by atoms with Gasteiger partial charge in [0, 0.05) is 24.8 Å². The van der Waals surface area contributed by atoms with Crippen LogP contribution >= 0.6 is 0 Å². The first kappa shape index (κ1) is 19.0. The van der Waals surface area contributed by atoms with Gasteiger partial charge in [-0.05, 0) is 38.0 Å². The molecule has 1 fully saturated rings. The zero-order chi connectivity index (χ0) is 20.4. The smallest absolute Gasteiger partial charge is 0.310 e. The normalized spacial score (nSPS) is 16.8. The molecule has 1 saturated heterocycles. The molecule has 1 aromatic carbocycles. The molecule has 0 bridgehead atoms. The van der Waals surface area contributed by atoms with Crippen LogP contribution in [0.5, 0.6) is 0 Å². The third kappa shape index (κ3) is 3.57. The lowest BCUT2D eigenvalue weighted by Gasteiger charge is -2.31. The van der Waals surface area contributed by atoms with Crippen molar-refractivity contribution in [2.45, 2.75) is 19.8 Å². The van der Waals surface area contributed by atoms with Crippen LogP contribution < -0.4 is 0 Å². The quantitative estimate of drug-likeness (QED) is 0.634. The van der Waals surface area contributed by atoms with Gasteiger partial charge in [-0.15, -0.1) is 0 Å². The minimum atomic E-state index is -0.378. The summed E-state index contributed by atoms with van der Waals surface area (Å²) in [6.45, 7) is 2.95. The van der Waals surface area contributed by atoms with Gasteiger partial charge in [-0.3, -0.25) is 9.59 Å². The molecule has 0 spiro atoms. The SMILES string of the molecule is CCOC(=O)C1CCCN(C(=O)c2cnn3c(-c4ccccc4F)ccnc23)C1. The molecule has 1 unspecified atom stereocenters. The number of likely N-dealkylation sites (tertiary alicyclic amines) is 1. The summed E-state index contributed by atoms with van der Waals surface area (Å²) in [4.78, 5) is 31.1. The predicted molar refractivity (Wildman–Crippen MR) is 104 cm³/mol. The van der Waals surface area contributed by atoms with E-state index in [4.69, 9.17) is 4.74 Å². The summed E-state index contributed by atoms with van der Waals surface area (Å²) >= 11 is 0. The number of esters is 1. The molecule has 150 valence electrons. The van der Waals surface area contributed by atoms with E-state index in [0.717, 1.165) is 6.42 Å². The molecule has 0 radical (unpaired) electrons. The molecule has 4 rings (SSSR count). The number of amides is 1. The lowest BCUT2D eigenvalue weighted by molar-refractivity contribution is -0.149. The fourth-order valence-electron chi connectivity index (χ4n) is 3.70. The first-order valence-electron chi connectivity index (χ1n) is 9.63. The Morgan fingerprint density at radius 1 is 1.28 bits per heavy atom. The van der Waals surface area contributed by atoms with Gasteiger partial charge in [-0.1, -0.05) is 12.1 Å². The van der Waals surface area contributed by atoms with Crippen molar-refractivity contribution in [2.75, 3.05) is 19.7 Å². The Balaban J connectivity index is 1.65. The van der Waals surface area contributed by atoms with Crippen molar-refractivity contribution in [3.05, 3.63) is 54.1 Å². The number of hydrogen-bond donors (Lipinski definition) is 0. The maximum absolute atomic E-state index is 14.3. The second-order valence-corrected chi connectivity index (χ2v) is 6.95. The van der Waals surface area contributed by atoms with Crippen LogP contribution in [-0.2, 0) is 9.53 Å². The molecule has 1 aliphatic rings. The Morgan fingerprint density at radius 3 is 2.90 bits per heavy atom. The van der Waals surface area contributed by atoms with E-state index in [9.17, 15) is 14.0 Å². The highest BCUT2D eigenvalue weighted by atomic mass is 19.1. The van der Waals surface area contributed by atoms with E-state index in [0.29, 0.717) is 48.6 Å². The van der Waals surface area contributed by atoms with E-state index < -0.39 is 0 Å². The number of ether oxygens (including phenoxy) is 1. The van der Waals surface area contributed by atoms with E-state index in [1.54, 1.807) is 36.1 Å². The molecular weight excluding hydrogens is 375 g/mol. The Morgan fingerprint density at radius 2 is 2.10 bits per heavy atom. The Labute approximate surface area is 167 Å². The number of halogens is 1. The van der Waals surface area contributed by atoms with Gasteiger partial charge < -0.3 is 9.64 Å². The highest BCUT2D eigenvalue weighted by molar-refractivity contribution is 6.00. The number of carbonyl (C=O) groups is 2. The number of aromatic nitrogens is 3. The van der Waals surface area contributed by atoms with Crippen molar-refractivity contribution in [2.24, 2.45) is 5.92 Å². The molecule has 0 N–H and O–H groups in total. The van der Waals surface area contributed by atoms with Crippen molar-refractivity contribution in [3.63, 3.8) is 0 Å². The van der Waals surface area contributed by atoms with Gasteiger partial charge in [0.15, 0.2) is 5.65 Å². The minimum absolute atomic E-state index is 0.243. The molecule has 7 nitrogen and oxygen atoms in total. The van der Waals surface area contributed by atoms with Crippen molar-refractivity contribution in [1.29, 1.82) is 0 Å². The lowest BCUT2D eigenvalue weighted by Crippen LogP contribution is -2.42. The fraction of sp³-hybridized carbons (Fsp3) is 0.333. The second-order valence-electron chi connectivity index (χ2n) is 6.95. The summed E-state index contributed by atoms with van der Waals surface area (Å²) in [6, 6.07) is 8.04. The summed E-state index contributed by atoms with van der Waals surface area (Å²) in [5, 5.41) is 4.28. The summed E-state index contributed by atoms with van der Waals surface area (Å²) < 4.78 is 20.8. The first-order valence-corrected chi connectivity index (χ1v) is 9.63. The minimum Gasteiger partial charge on any atom is -0.466 e. The van der Waals surface area contributed by atoms with Gasteiger partial charge in [0.1, 0.15) is 11.4 Å². The zero-order valence-electron chi connectivity index (χ0n) is 16.0. The van der Waals surface area contributed by atoms with Gasteiger partial charge in [-0.2, -0.15) is 5.10 Å². The van der Waals surface area contributed by atoms with E-state index in [2.05, 4.69) is 10.1 Å². The largest absolute Gasteiger partial charge is 0.466 e. The molecule has 8 heteroatoms. The Hall–Kier alpha value is -3.29. The highest BCUT2D eigenvalue weighted by Crippen LogP contribution is 2.25. The summed E-state index contributed by atoms with van der Waals surface area (Å²) in [5.41, 5.74) is 1.57. The van der Waals surface area contributed by atoms with Crippen molar-refractivity contribution < 1.29 is 18.7 Å². The molecule has 1 amide bonds. The van der Waals surface area contributed by atoms with Crippen LogP contribution in [0.1, 0.15) is 30.1 Å². The third-order valence-electron chi connectivity index (χ3n) is 5.11. The van der Waals surface area contributed by atoms with Crippen LogP contribution in [0, 0.1) is 11.7 Å². The maximum atomic E-state index is 14.3. The van der Waals surface area contributed by atoms with Crippen LogP contribution in [0.3, 0.4) is 0 Å². The molecule has 1 atom stereocenters. The maximum Gasteiger partial charge on any atom is 0.310 e. The van der Waals surface area contributed by atoms with Crippen LogP contribution in [0.4, 0.5) is 4.39 Å². The molecule has 3 heterocycles. The number of piperidine rings is 1. The van der Waals surface area contributed by atoms with E-state index in [1.807, 2.05) is 0 Å². The summed E-state index contributed by atoms with van der Waals surface area (Å²) in [6.07, 6.45) is 4.41. The topological polar surface area (TPSA) is 76.8 Å². The molecule has 2 aromatic heterocycles. The molecule has 3 aromatic rings. The number of fused-ring (bicyclic) bond motifs is 1. The molecule has 0 saturated carbocycles. The van der Waals surface area contributed by atoms with E-state index in [1.165, 1.54) is 23.0 Å². The fourth-order valence-corrected chi connectivity index (χ4v) is 3.70. The summed E-state index contributed by atoms with van der Waals surface area (Å²) in [7, 11) is 0. The van der Waals surface area contributed by atoms with Gasteiger partial charge in [-0.25, -0.2) is 13.9 Å². The molecule has 1 aliphatic heterocycles. The number of hydrogen-bond acceptors (Lipinski definition) is 5. The number of rotatable bonds is 4. The van der Waals surface area contributed by atoms with Crippen molar-refractivity contribution >= 4 is 17.5 Å². The lowest BCUT2D eigenvalue weighted by atomic mass is 9.97. The van der Waals surface area contributed by atoms with Gasteiger partial charge in [0.25, 0.3) is 5.91 Å². The van der Waals surface area contributed by atoms with Crippen LogP contribution in [-0.4, -0.2) is 51.1 Å². The zero-order valence-corrected chi connectivity index (χ0v) is 16.0. The second kappa shape index (κ2) is 7.98. The number of carbonyl (C=O) groups excluding carboxylic acids is 2. The van der Waals surface area contributed by atoms with Gasteiger partial charge in [0.2, 0.25) is 0 Å². The monoisotopic (exact) mass is 396 g/mol.